The molecule has 19 heavy (non-hydrogen) atoms. The van der Waals surface area contributed by atoms with Gasteiger partial charge in [0.1, 0.15) is 5.69 Å². The van der Waals surface area contributed by atoms with E-state index >= 15 is 0 Å². The zero-order valence-electron chi connectivity index (χ0n) is 10.8. The van der Waals surface area contributed by atoms with Crippen LogP contribution in [0.1, 0.15) is 33.7 Å². The van der Waals surface area contributed by atoms with Gasteiger partial charge >= 0.3 is 5.97 Å². The molecule has 102 valence electrons. The first-order chi connectivity index (χ1) is 9.09. The molecule has 1 aliphatic carbocycles. The molecule has 2 rings (SSSR count). The highest BCUT2D eigenvalue weighted by atomic mass is 16.4. The van der Waals surface area contributed by atoms with Gasteiger partial charge in [0, 0.05) is 25.3 Å². The fourth-order valence-electron chi connectivity index (χ4n) is 1.89. The predicted molar refractivity (Wildman–Crippen MR) is 69.2 cm³/mol. The van der Waals surface area contributed by atoms with E-state index in [4.69, 9.17) is 5.11 Å². The van der Waals surface area contributed by atoms with Crippen molar-refractivity contribution in [2.75, 3.05) is 20.1 Å². The predicted octanol–water partition coefficient (Wildman–Crippen LogP) is 0.604. The first kappa shape index (κ1) is 13.5. The summed E-state index contributed by atoms with van der Waals surface area (Å²) in [6, 6.07) is 3.52. The number of hydrogen-bond donors (Lipinski definition) is 2. The van der Waals surface area contributed by atoms with E-state index < -0.39 is 11.9 Å². The largest absolute Gasteiger partial charge is 0.478 e. The summed E-state index contributed by atoms with van der Waals surface area (Å²) in [5.41, 5.74) is -0.111. The molecule has 0 bridgehead atoms. The van der Waals surface area contributed by atoms with Crippen LogP contribution in [0.3, 0.4) is 0 Å². The fourth-order valence-corrected chi connectivity index (χ4v) is 1.89. The van der Waals surface area contributed by atoms with Crippen molar-refractivity contribution in [2.24, 2.45) is 0 Å². The van der Waals surface area contributed by atoms with Crippen LogP contribution >= 0.6 is 0 Å². The summed E-state index contributed by atoms with van der Waals surface area (Å²) in [7, 11) is 2.02. The van der Waals surface area contributed by atoms with Gasteiger partial charge in [-0.1, -0.05) is 0 Å². The Morgan fingerprint density at radius 2 is 2.26 bits per heavy atom. The number of pyridine rings is 1. The van der Waals surface area contributed by atoms with Gasteiger partial charge in [0.2, 0.25) is 0 Å². The van der Waals surface area contributed by atoms with E-state index in [0.29, 0.717) is 12.6 Å². The summed E-state index contributed by atoms with van der Waals surface area (Å²) in [4.78, 5) is 28.9. The molecule has 2 N–H and O–H groups in total. The zero-order chi connectivity index (χ0) is 13.8. The molecular formula is C13H17N3O3. The number of aromatic nitrogens is 1. The van der Waals surface area contributed by atoms with Crippen LogP contribution in [-0.2, 0) is 0 Å². The molecule has 0 radical (unpaired) electrons. The van der Waals surface area contributed by atoms with Crippen molar-refractivity contribution in [3.05, 3.63) is 29.6 Å². The van der Waals surface area contributed by atoms with Crippen LogP contribution < -0.4 is 5.32 Å². The van der Waals surface area contributed by atoms with Crippen LogP contribution in [0.4, 0.5) is 0 Å². The molecule has 1 heterocycles. The van der Waals surface area contributed by atoms with E-state index in [2.05, 4.69) is 15.2 Å². The number of carbonyl (C=O) groups is 2. The molecule has 1 amide bonds. The Hall–Kier alpha value is -1.95. The van der Waals surface area contributed by atoms with Gasteiger partial charge < -0.3 is 15.3 Å². The zero-order valence-corrected chi connectivity index (χ0v) is 10.8. The maximum absolute atomic E-state index is 11.9. The van der Waals surface area contributed by atoms with Crippen molar-refractivity contribution < 1.29 is 14.7 Å². The molecule has 1 aromatic rings. The van der Waals surface area contributed by atoms with Crippen molar-refractivity contribution in [1.82, 2.24) is 15.2 Å². The number of likely N-dealkylation sites (N-methyl/N-ethyl adjacent to an activating group) is 1. The molecule has 1 saturated carbocycles. The molecule has 0 unspecified atom stereocenters. The lowest BCUT2D eigenvalue weighted by molar-refractivity contribution is 0.0690. The van der Waals surface area contributed by atoms with Crippen LogP contribution in [-0.4, -0.2) is 53.0 Å². The molecule has 6 nitrogen and oxygen atoms in total. The minimum atomic E-state index is -1.15. The summed E-state index contributed by atoms with van der Waals surface area (Å²) in [6.07, 6.45) is 3.85. The summed E-state index contributed by atoms with van der Waals surface area (Å²) < 4.78 is 0. The van der Waals surface area contributed by atoms with Gasteiger partial charge in [-0.15, -0.1) is 0 Å². The Balaban J connectivity index is 1.90. The van der Waals surface area contributed by atoms with Gasteiger partial charge in [-0.25, -0.2) is 4.79 Å². The van der Waals surface area contributed by atoms with E-state index in [1.807, 2.05) is 7.05 Å². The lowest BCUT2D eigenvalue weighted by atomic mass is 10.2. The Morgan fingerprint density at radius 3 is 2.89 bits per heavy atom. The Morgan fingerprint density at radius 1 is 1.53 bits per heavy atom. The van der Waals surface area contributed by atoms with Crippen molar-refractivity contribution in [1.29, 1.82) is 0 Å². The SMILES string of the molecule is CN(CCNC(=O)c1ncccc1C(=O)O)C1CC1. The molecule has 6 heteroatoms. The van der Waals surface area contributed by atoms with Crippen LogP contribution in [0.5, 0.6) is 0 Å². The second kappa shape index (κ2) is 5.79. The fraction of sp³-hybridized carbons (Fsp3) is 0.462. The number of amides is 1. The normalized spacial score (nSPS) is 14.4. The second-order valence-corrected chi connectivity index (χ2v) is 4.67. The summed E-state index contributed by atoms with van der Waals surface area (Å²) >= 11 is 0. The molecular weight excluding hydrogens is 246 g/mol. The molecule has 1 fully saturated rings. The van der Waals surface area contributed by atoms with Gasteiger partial charge in [0.15, 0.2) is 0 Å². The topological polar surface area (TPSA) is 82.5 Å². The number of carboxylic acids is 1. The molecule has 0 atom stereocenters. The van der Waals surface area contributed by atoms with Crippen molar-refractivity contribution >= 4 is 11.9 Å². The number of nitrogens with zero attached hydrogens (tertiary/aromatic N) is 2. The Labute approximate surface area is 111 Å². The number of aromatic carboxylic acids is 1. The van der Waals surface area contributed by atoms with E-state index in [-0.39, 0.29) is 11.3 Å². The lowest BCUT2D eigenvalue weighted by Crippen LogP contribution is -2.35. The van der Waals surface area contributed by atoms with Gasteiger partial charge in [-0.05, 0) is 32.0 Å². The second-order valence-electron chi connectivity index (χ2n) is 4.67. The standard InChI is InChI=1S/C13H17N3O3/c1-16(9-4-5-9)8-7-15-12(17)11-10(13(18)19)3-2-6-14-11/h2-3,6,9H,4-5,7-8H2,1H3,(H,15,17)(H,18,19). The quantitative estimate of drug-likeness (QED) is 0.785. The van der Waals surface area contributed by atoms with Gasteiger partial charge in [-0.2, -0.15) is 0 Å². The first-order valence-electron chi connectivity index (χ1n) is 6.26. The summed E-state index contributed by atoms with van der Waals surface area (Å²) in [6.45, 7) is 1.24. The highest BCUT2D eigenvalue weighted by Gasteiger charge is 2.25. The molecule has 0 aliphatic heterocycles. The molecule has 0 saturated heterocycles. The average Bonchev–Trinajstić information content (AvgIpc) is 3.22. The Kier molecular flexibility index (Phi) is 4.11. The third-order valence-corrected chi connectivity index (χ3v) is 3.17. The highest BCUT2D eigenvalue weighted by Crippen LogP contribution is 2.24. The Bertz CT molecular complexity index is 486. The van der Waals surface area contributed by atoms with Crippen LogP contribution in [0.2, 0.25) is 0 Å². The van der Waals surface area contributed by atoms with Gasteiger partial charge in [-0.3, -0.25) is 9.78 Å². The monoisotopic (exact) mass is 263 g/mol. The van der Waals surface area contributed by atoms with Crippen LogP contribution in [0.25, 0.3) is 0 Å². The molecule has 0 aromatic carbocycles. The molecule has 1 aliphatic rings. The van der Waals surface area contributed by atoms with Crippen LogP contribution in [0.15, 0.2) is 18.3 Å². The average molecular weight is 263 g/mol. The highest BCUT2D eigenvalue weighted by molar-refractivity contribution is 6.03. The van der Waals surface area contributed by atoms with Gasteiger partial charge in [0.25, 0.3) is 5.91 Å². The van der Waals surface area contributed by atoms with Crippen molar-refractivity contribution in [3.63, 3.8) is 0 Å². The number of carboxylic acid groups (broad SMARTS) is 1. The minimum absolute atomic E-state index is 0.0379. The maximum Gasteiger partial charge on any atom is 0.338 e. The third-order valence-electron chi connectivity index (χ3n) is 3.17. The van der Waals surface area contributed by atoms with Gasteiger partial charge in [0.05, 0.1) is 5.56 Å². The van der Waals surface area contributed by atoms with Crippen LogP contribution in [0, 0.1) is 0 Å². The van der Waals surface area contributed by atoms with E-state index in [0.717, 1.165) is 6.54 Å². The lowest BCUT2D eigenvalue weighted by Gasteiger charge is -2.15. The number of carbonyl (C=O) groups excluding carboxylic acids is 1. The molecule has 1 aromatic heterocycles. The first-order valence-corrected chi connectivity index (χ1v) is 6.26. The number of nitrogens with one attached hydrogen (secondary N) is 1. The maximum atomic E-state index is 11.9. The smallest absolute Gasteiger partial charge is 0.338 e. The summed E-state index contributed by atoms with van der Waals surface area (Å²) in [5, 5.41) is 11.7. The van der Waals surface area contributed by atoms with E-state index in [9.17, 15) is 9.59 Å². The minimum Gasteiger partial charge on any atom is -0.478 e. The van der Waals surface area contributed by atoms with E-state index in [1.165, 1.54) is 31.2 Å². The van der Waals surface area contributed by atoms with Crippen molar-refractivity contribution in [3.8, 4) is 0 Å². The third kappa shape index (κ3) is 3.51. The summed E-state index contributed by atoms with van der Waals surface area (Å²) in [5.74, 6) is -1.59. The van der Waals surface area contributed by atoms with E-state index in [1.54, 1.807) is 0 Å². The van der Waals surface area contributed by atoms with Crippen molar-refractivity contribution in [2.45, 2.75) is 18.9 Å². The number of rotatable bonds is 6. The molecule has 0 spiro atoms. The number of hydrogen-bond acceptors (Lipinski definition) is 4.